The first-order valence-corrected chi connectivity index (χ1v) is 15.7. The summed E-state index contributed by atoms with van der Waals surface area (Å²) in [6, 6.07) is 14.2. The fraction of sp³-hybridized carbons (Fsp3) is 0.472. The van der Waals surface area contributed by atoms with Crippen LogP contribution < -0.4 is 4.90 Å². The van der Waals surface area contributed by atoms with Crippen LogP contribution in [-0.2, 0) is 25.7 Å². The van der Waals surface area contributed by atoms with Gasteiger partial charge in [0, 0.05) is 25.3 Å². The van der Waals surface area contributed by atoms with E-state index in [0.29, 0.717) is 26.1 Å². The van der Waals surface area contributed by atoms with E-state index in [4.69, 9.17) is 4.74 Å². The molecule has 3 amide bonds. The van der Waals surface area contributed by atoms with Crippen molar-refractivity contribution < 1.29 is 24.2 Å². The second-order valence-electron chi connectivity index (χ2n) is 13.5. The first-order chi connectivity index (χ1) is 21.0. The van der Waals surface area contributed by atoms with Crippen LogP contribution in [0.3, 0.4) is 0 Å². The molecule has 8 heteroatoms. The van der Waals surface area contributed by atoms with E-state index in [1.165, 1.54) is 0 Å². The summed E-state index contributed by atoms with van der Waals surface area (Å²) >= 11 is 0. The largest absolute Gasteiger partial charge is 0.394 e. The standard InChI is InChI=1S/C36H43N3O5/c1-23(2)19-27(22-40)39-31-34(43)38(28-20-24(3)13-14-25(28)4)18-10-16-36(31)30(33(39)42)29-32(41)37(17-9-15-35(29,5)44-36)21-26-11-7-6-8-12-26/h6-16,20,23,27,29-31,40H,17-19,21-22H2,1-5H3/t27-,29+,30+,31?,35-,36+/m1/s1. The lowest BCUT2D eigenvalue weighted by molar-refractivity contribution is -0.151. The maximum atomic E-state index is 14.9. The highest BCUT2D eigenvalue weighted by Crippen LogP contribution is 2.58. The van der Waals surface area contributed by atoms with E-state index < -0.39 is 35.1 Å². The molecule has 4 heterocycles. The molecule has 4 aliphatic heterocycles. The third-order valence-corrected chi connectivity index (χ3v) is 9.80. The smallest absolute Gasteiger partial charge is 0.253 e. The Morgan fingerprint density at radius 2 is 1.66 bits per heavy atom. The maximum absolute atomic E-state index is 14.9. The number of amides is 3. The van der Waals surface area contributed by atoms with Crippen LogP contribution in [0.15, 0.2) is 72.8 Å². The minimum atomic E-state index is -1.37. The van der Waals surface area contributed by atoms with Gasteiger partial charge in [0.2, 0.25) is 11.8 Å². The summed E-state index contributed by atoms with van der Waals surface area (Å²) in [5.74, 6) is -2.35. The zero-order valence-corrected chi connectivity index (χ0v) is 26.3. The zero-order valence-electron chi connectivity index (χ0n) is 26.3. The number of rotatable bonds is 7. The Bertz CT molecular complexity index is 1520. The Hall–Kier alpha value is -3.75. The van der Waals surface area contributed by atoms with Gasteiger partial charge in [-0.15, -0.1) is 0 Å². The lowest BCUT2D eigenvalue weighted by Gasteiger charge is -2.40. The summed E-state index contributed by atoms with van der Waals surface area (Å²) in [6.07, 6.45) is 8.14. The van der Waals surface area contributed by atoms with Crippen LogP contribution in [0.2, 0.25) is 0 Å². The number of benzene rings is 2. The van der Waals surface area contributed by atoms with Crippen molar-refractivity contribution in [2.75, 3.05) is 24.6 Å². The Morgan fingerprint density at radius 3 is 2.36 bits per heavy atom. The van der Waals surface area contributed by atoms with E-state index in [0.717, 1.165) is 22.4 Å². The number of ether oxygens (including phenoxy) is 1. The van der Waals surface area contributed by atoms with Gasteiger partial charge >= 0.3 is 0 Å². The molecular formula is C36H43N3O5. The summed E-state index contributed by atoms with van der Waals surface area (Å²) < 4.78 is 6.99. The van der Waals surface area contributed by atoms with Crippen LogP contribution in [0.25, 0.3) is 0 Å². The average molecular weight is 598 g/mol. The van der Waals surface area contributed by atoms with Crippen molar-refractivity contribution in [3.8, 4) is 0 Å². The van der Waals surface area contributed by atoms with Gasteiger partial charge in [0.05, 0.1) is 30.1 Å². The first kappa shape index (κ1) is 30.3. The average Bonchev–Trinajstić information content (AvgIpc) is 3.27. The molecule has 4 aliphatic rings. The number of anilines is 1. The number of hydrogen-bond acceptors (Lipinski definition) is 5. The number of likely N-dealkylation sites (tertiary alicyclic amines) is 1. The first-order valence-electron chi connectivity index (χ1n) is 15.7. The molecule has 2 aromatic rings. The SMILES string of the molecule is Cc1ccc(C)c(N2CC=C[C@]34O[C@]5(C)C=CCN(Cc6ccccc6)C(=O)[C@@H]5[C@H]3C(=O)N([C@@H](CO)CC(C)C)C4C2=O)c1. The third-order valence-electron chi connectivity index (χ3n) is 9.80. The molecule has 1 unspecified atom stereocenters. The third kappa shape index (κ3) is 4.79. The van der Waals surface area contributed by atoms with E-state index >= 15 is 0 Å². The minimum Gasteiger partial charge on any atom is -0.394 e. The molecule has 2 aromatic carbocycles. The zero-order chi connectivity index (χ0) is 31.4. The van der Waals surface area contributed by atoms with Gasteiger partial charge in [0.1, 0.15) is 11.6 Å². The highest BCUT2D eigenvalue weighted by molar-refractivity contribution is 6.06. The fourth-order valence-corrected chi connectivity index (χ4v) is 7.90. The van der Waals surface area contributed by atoms with Crippen LogP contribution in [-0.4, -0.2) is 75.6 Å². The number of aliphatic hydroxyl groups excluding tert-OH is 1. The lowest BCUT2D eigenvalue weighted by Crippen LogP contribution is -2.59. The van der Waals surface area contributed by atoms with E-state index in [1.807, 2.05) is 107 Å². The summed E-state index contributed by atoms with van der Waals surface area (Å²) in [7, 11) is 0. The van der Waals surface area contributed by atoms with Gasteiger partial charge in [-0.2, -0.15) is 0 Å². The molecule has 6 atom stereocenters. The predicted octanol–water partition coefficient (Wildman–Crippen LogP) is 4.18. The predicted molar refractivity (Wildman–Crippen MR) is 169 cm³/mol. The highest BCUT2D eigenvalue weighted by atomic mass is 16.5. The van der Waals surface area contributed by atoms with Crippen LogP contribution in [0.4, 0.5) is 5.69 Å². The highest BCUT2D eigenvalue weighted by Gasteiger charge is 2.75. The quantitative estimate of drug-likeness (QED) is 0.484. The summed E-state index contributed by atoms with van der Waals surface area (Å²) in [5, 5.41) is 10.6. The van der Waals surface area contributed by atoms with Crippen molar-refractivity contribution in [3.05, 3.63) is 89.5 Å². The number of aliphatic hydroxyl groups is 1. The molecule has 0 aliphatic carbocycles. The molecule has 0 radical (unpaired) electrons. The summed E-state index contributed by atoms with van der Waals surface area (Å²) in [5.41, 5.74) is 1.27. The maximum Gasteiger partial charge on any atom is 0.253 e. The Labute approximate surface area is 260 Å². The molecule has 0 saturated carbocycles. The molecule has 8 nitrogen and oxygen atoms in total. The van der Waals surface area contributed by atoms with Crippen LogP contribution in [0, 0.1) is 31.6 Å². The lowest BCUT2D eigenvalue weighted by atomic mass is 9.74. The Morgan fingerprint density at radius 1 is 0.932 bits per heavy atom. The van der Waals surface area contributed by atoms with Crippen molar-refractivity contribution in [2.45, 2.75) is 70.9 Å². The van der Waals surface area contributed by atoms with Crippen molar-refractivity contribution in [1.82, 2.24) is 9.80 Å². The second-order valence-corrected chi connectivity index (χ2v) is 13.5. The molecule has 232 valence electrons. The van der Waals surface area contributed by atoms with Crippen molar-refractivity contribution in [2.24, 2.45) is 17.8 Å². The molecule has 0 bridgehead atoms. The Balaban J connectivity index is 1.48. The van der Waals surface area contributed by atoms with Gasteiger partial charge < -0.3 is 24.5 Å². The summed E-state index contributed by atoms with van der Waals surface area (Å²) in [4.78, 5) is 49.3. The van der Waals surface area contributed by atoms with Gasteiger partial charge in [0.15, 0.2) is 0 Å². The summed E-state index contributed by atoms with van der Waals surface area (Å²) in [6.45, 7) is 10.7. The molecule has 1 N–H and O–H groups in total. The van der Waals surface area contributed by atoms with Crippen molar-refractivity contribution >= 4 is 23.4 Å². The van der Waals surface area contributed by atoms with Crippen LogP contribution in [0.1, 0.15) is 43.9 Å². The molecule has 2 saturated heterocycles. The van der Waals surface area contributed by atoms with Gasteiger partial charge in [-0.3, -0.25) is 14.4 Å². The number of nitrogens with zero attached hydrogens (tertiary/aromatic N) is 3. The molecule has 1 spiro atoms. The van der Waals surface area contributed by atoms with Crippen molar-refractivity contribution in [3.63, 3.8) is 0 Å². The Kier molecular flexibility index (Phi) is 7.79. The van der Waals surface area contributed by atoms with Gasteiger partial charge in [0.25, 0.3) is 5.91 Å². The molecule has 6 rings (SSSR count). The van der Waals surface area contributed by atoms with Crippen LogP contribution in [0.5, 0.6) is 0 Å². The number of aryl methyl sites for hydroxylation is 2. The molecule has 0 aromatic heterocycles. The number of fused-ring (bicyclic) bond motifs is 2. The van der Waals surface area contributed by atoms with Gasteiger partial charge in [-0.05, 0) is 55.9 Å². The molecule has 2 fully saturated rings. The second kappa shape index (κ2) is 11.3. The van der Waals surface area contributed by atoms with Gasteiger partial charge in [-0.1, -0.05) is 80.6 Å². The molecule has 44 heavy (non-hydrogen) atoms. The monoisotopic (exact) mass is 597 g/mol. The number of hydrogen-bond donors (Lipinski definition) is 1. The van der Waals surface area contributed by atoms with Crippen LogP contribution >= 0.6 is 0 Å². The van der Waals surface area contributed by atoms with E-state index in [9.17, 15) is 19.5 Å². The van der Waals surface area contributed by atoms with E-state index in [2.05, 4.69) is 0 Å². The normalized spacial score (nSPS) is 30.4. The van der Waals surface area contributed by atoms with E-state index in [-0.39, 0.29) is 30.2 Å². The minimum absolute atomic E-state index is 0.165. The van der Waals surface area contributed by atoms with E-state index in [1.54, 1.807) is 14.7 Å². The topological polar surface area (TPSA) is 90.4 Å². The fourth-order valence-electron chi connectivity index (χ4n) is 7.90. The van der Waals surface area contributed by atoms with Gasteiger partial charge in [-0.25, -0.2) is 0 Å². The van der Waals surface area contributed by atoms with Crippen molar-refractivity contribution in [1.29, 1.82) is 0 Å². The number of carbonyl (C=O) groups is 3. The number of carbonyl (C=O) groups excluding carboxylic acids is 3. The molecular weight excluding hydrogens is 554 g/mol.